The second kappa shape index (κ2) is 6.88. The van der Waals surface area contributed by atoms with E-state index in [1.807, 2.05) is 0 Å². The summed E-state index contributed by atoms with van der Waals surface area (Å²) in [5.74, 6) is 0.478. The zero-order valence-corrected chi connectivity index (χ0v) is 16.0. The van der Waals surface area contributed by atoms with Gasteiger partial charge in [-0.15, -0.1) is 0 Å². The number of benzene rings is 3. The van der Waals surface area contributed by atoms with E-state index in [-0.39, 0.29) is 5.41 Å². The van der Waals surface area contributed by atoms with Crippen molar-refractivity contribution in [1.82, 2.24) is 0 Å². The minimum absolute atomic E-state index is 0.0875. The summed E-state index contributed by atoms with van der Waals surface area (Å²) in [6, 6.07) is 26.4. The van der Waals surface area contributed by atoms with E-state index >= 15 is 0 Å². The largest absolute Gasteiger partial charge is 0.0622 e. The quantitative estimate of drug-likeness (QED) is 0.468. The molecule has 0 radical (unpaired) electrons. The molecule has 0 nitrogen and oxygen atoms in total. The van der Waals surface area contributed by atoms with E-state index in [2.05, 4.69) is 107 Å². The highest BCUT2D eigenvalue weighted by atomic mass is 14.3. The van der Waals surface area contributed by atoms with Crippen LogP contribution < -0.4 is 0 Å². The van der Waals surface area contributed by atoms with E-state index in [0.29, 0.717) is 5.92 Å². The van der Waals surface area contributed by atoms with Crippen molar-refractivity contribution in [3.63, 3.8) is 0 Å². The Bertz CT molecular complexity index is 834. The van der Waals surface area contributed by atoms with Gasteiger partial charge in [-0.3, -0.25) is 0 Å². The van der Waals surface area contributed by atoms with E-state index < -0.39 is 0 Å². The Hall–Kier alpha value is -2.34. The maximum atomic E-state index is 2.42. The van der Waals surface area contributed by atoms with Gasteiger partial charge in [-0.2, -0.15) is 0 Å². The van der Waals surface area contributed by atoms with Crippen LogP contribution in [-0.4, -0.2) is 0 Å². The third-order valence-corrected chi connectivity index (χ3v) is 4.79. The van der Waals surface area contributed by atoms with Crippen LogP contribution in [0.15, 0.2) is 72.8 Å². The molecule has 3 rings (SSSR count). The highest BCUT2D eigenvalue weighted by molar-refractivity contribution is 5.78. The smallest absolute Gasteiger partial charge is 0.0125 e. The van der Waals surface area contributed by atoms with Crippen LogP contribution in [0.2, 0.25) is 0 Å². The number of rotatable bonds is 3. The van der Waals surface area contributed by atoms with E-state index in [4.69, 9.17) is 0 Å². The van der Waals surface area contributed by atoms with E-state index in [1.165, 1.54) is 33.4 Å². The van der Waals surface area contributed by atoms with E-state index in [9.17, 15) is 0 Å². The van der Waals surface area contributed by atoms with Crippen LogP contribution >= 0.6 is 0 Å². The molecule has 0 fully saturated rings. The van der Waals surface area contributed by atoms with Crippen LogP contribution in [0.25, 0.3) is 22.3 Å². The third-order valence-electron chi connectivity index (χ3n) is 4.79. The van der Waals surface area contributed by atoms with Gasteiger partial charge in [-0.1, -0.05) is 95.3 Å². The molecule has 0 atom stereocenters. The summed E-state index contributed by atoms with van der Waals surface area (Å²) in [5, 5.41) is 0. The molecule has 0 N–H and O–H groups in total. The Morgan fingerprint density at radius 2 is 1.12 bits per heavy atom. The molecule has 0 spiro atoms. The standard InChI is InChI=1S/C25H28/c1-18(2)21-16-23(20-14-10-7-11-15-20)24(25(3,4)5)17-22(21)19-12-8-6-9-13-19/h6-18H,1-5H3. The maximum absolute atomic E-state index is 2.42. The van der Waals surface area contributed by atoms with Crippen LogP contribution in [0.5, 0.6) is 0 Å². The molecule has 0 bridgehead atoms. The van der Waals surface area contributed by atoms with E-state index in [1.54, 1.807) is 0 Å². The summed E-state index contributed by atoms with van der Waals surface area (Å²) in [4.78, 5) is 0. The van der Waals surface area contributed by atoms with Crippen LogP contribution in [0, 0.1) is 0 Å². The maximum Gasteiger partial charge on any atom is -0.0125 e. The van der Waals surface area contributed by atoms with Gasteiger partial charge in [0.25, 0.3) is 0 Å². The molecule has 3 aromatic rings. The monoisotopic (exact) mass is 328 g/mol. The molecule has 0 aromatic heterocycles. The summed E-state index contributed by atoms with van der Waals surface area (Å²) in [5.41, 5.74) is 8.23. The molecule has 0 aliphatic carbocycles. The highest BCUT2D eigenvalue weighted by Crippen LogP contribution is 2.40. The SMILES string of the molecule is CC(C)c1cc(-c2ccccc2)c(C(C)(C)C)cc1-c1ccccc1. The Morgan fingerprint density at radius 3 is 1.56 bits per heavy atom. The summed E-state index contributed by atoms with van der Waals surface area (Å²) < 4.78 is 0. The Kier molecular flexibility index (Phi) is 4.81. The Labute approximate surface area is 152 Å². The van der Waals surface area contributed by atoms with Gasteiger partial charge in [0, 0.05) is 0 Å². The van der Waals surface area contributed by atoms with Gasteiger partial charge in [-0.25, -0.2) is 0 Å². The van der Waals surface area contributed by atoms with Crippen molar-refractivity contribution in [1.29, 1.82) is 0 Å². The van der Waals surface area contributed by atoms with Crippen molar-refractivity contribution in [3.8, 4) is 22.3 Å². The fourth-order valence-corrected chi connectivity index (χ4v) is 3.44. The Morgan fingerprint density at radius 1 is 0.640 bits per heavy atom. The van der Waals surface area contributed by atoms with Crippen LogP contribution in [0.1, 0.15) is 51.7 Å². The molecular formula is C25H28. The molecule has 0 amide bonds. The van der Waals surface area contributed by atoms with E-state index in [0.717, 1.165) is 0 Å². The molecule has 0 saturated carbocycles. The van der Waals surface area contributed by atoms with Gasteiger partial charge in [-0.05, 0) is 56.8 Å². The van der Waals surface area contributed by atoms with Gasteiger partial charge in [0.2, 0.25) is 0 Å². The van der Waals surface area contributed by atoms with Crippen molar-refractivity contribution in [2.24, 2.45) is 0 Å². The molecule has 0 saturated heterocycles. The van der Waals surface area contributed by atoms with Crippen LogP contribution in [-0.2, 0) is 5.41 Å². The first-order valence-electron chi connectivity index (χ1n) is 9.17. The van der Waals surface area contributed by atoms with Crippen LogP contribution in [0.3, 0.4) is 0 Å². The summed E-state index contributed by atoms with van der Waals surface area (Å²) in [6.45, 7) is 11.5. The fraction of sp³-hybridized carbons (Fsp3) is 0.280. The first kappa shape index (κ1) is 17.5. The van der Waals surface area contributed by atoms with Gasteiger partial charge >= 0.3 is 0 Å². The third kappa shape index (κ3) is 3.69. The van der Waals surface area contributed by atoms with Crippen molar-refractivity contribution in [2.45, 2.75) is 46.0 Å². The van der Waals surface area contributed by atoms with Crippen molar-refractivity contribution in [2.75, 3.05) is 0 Å². The molecule has 3 aromatic carbocycles. The second-order valence-corrected chi connectivity index (χ2v) is 8.12. The molecule has 0 heterocycles. The predicted molar refractivity (Wildman–Crippen MR) is 110 cm³/mol. The number of hydrogen-bond acceptors (Lipinski definition) is 0. The lowest BCUT2D eigenvalue weighted by molar-refractivity contribution is 0.591. The lowest BCUT2D eigenvalue weighted by atomic mass is 9.77. The molecular weight excluding hydrogens is 300 g/mol. The minimum atomic E-state index is 0.0875. The highest BCUT2D eigenvalue weighted by Gasteiger charge is 2.22. The molecule has 25 heavy (non-hydrogen) atoms. The first-order chi connectivity index (χ1) is 11.9. The normalized spacial score (nSPS) is 11.8. The molecule has 0 aliphatic rings. The average Bonchev–Trinajstić information content (AvgIpc) is 2.61. The minimum Gasteiger partial charge on any atom is -0.0622 e. The molecule has 0 heteroatoms. The lowest BCUT2D eigenvalue weighted by Gasteiger charge is -2.27. The zero-order valence-electron chi connectivity index (χ0n) is 16.0. The number of hydrogen-bond donors (Lipinski definition) is 0. The summed E-state index contributed by atoms with van der Waals surface area (Å²) in [6.07, 6.45) is 0. The van der Waals surface area contributed by atoms with Gasteiger partial charge < -0.3 is 0 Å². The van der Waals surface area contributed by atoms with Crippen LogP contribution in [0.4, 0.5) is 0 Å². The lowest BCUT2D eigenvalue weighted by Crippen LogP contribution is -2.14. The van der Waals surface area contributed by atoms with Crippen molar-refractivity contribution < 1.29 is 0 Å². The van der Waals surface area contributed by atoms with Gasteiger partial charge in [0.15, 0.2) is 0 Å². The predicted octanol–water partition coefficient (Wildman–Crippen LogP) is 7.44. The zero-order chi connectivity index (χ0) is 18.0. The second-order valence-electron chi connectivity index (χ2n) is 8.12. The topological polar surface area (TPSA) is 0 Å². The molecule has 0 aliphatic heterocycles. The Balaban J connectivity index is 2.32. The fourth-order valence-electron chi connectivity index (χ4n) is 3.44. The van der Waals surface area contributed by atoms with Gasteiger partial charge in [0.1, 0.15) is 0 Å². The van der Waals surface area contributed by atoms with Crippen molar-refractivity contribution >= 4 is 0 Å². The summed E-state index contributed by atoms with van der Waals surface area (Å²) in [7, 11) is 0. The van der Waals surface area contributed by atoms with Gasteiger partial charge in [0.05, 0.1) is 0 Å². The van der Waals surface area contributed by atoms with Crippen molar-refractivity contribution in [3.05, 3.63) is 83.9 Å². The average molecular weight is 328 g/mol. The molecule has 0 unspecified atom stereocenters. The first-order valence-corrected chi connectivity index (χ1v) is 9.17. The summed E-state index contributed by atoms with van der Waals surface area (Å²) >= 11 is 0. The molecule has 128 valence electrons.